The number of allylic oxidation sites excluding steroid dienone is 2. The van der Waals surface area contributed by atoms with Gasteiger partial charge in [0.2, 0.25) is 0 Å². The maximum absolute atomic E-state index is 12.8. The van der Waals surface area contributed by atoms with Crippen molar-refractivity contribution in [1.29, 1.82) is 0 Å². The second-order valence-electron chi connectivity index (χ2n) is 4.68. The van der Waals surface area contributed by atoms with Crippen LogP contribution in [0, 0.1) is 5.92 Å². The largest absolute Gasteiger partial charge is 0.396 e. The number of hydrogen-bond acceptors (Lipinski definition) is 3. The van der Waals surface area contributed by atoms with Crippen molar-refractivity contribution in [2.24, 2.45) is 16.1 Å². The summed E-state index contributed by atoms with van der Waals surface area (Å²) in [6, 6.07) is 0. The molecule has 0 aromatic carbocycles. The van der Waals surface area contributed by atoms with Gasteiger partial charge in [-0.05, 0) is 18.1 Å². The minimum absolute atomic E-state index is 0.278. The molecular formula is C13H19F3N2OS. The van der Waals surface area contributed by atoms with Crippen LogP contribution in [0.3, 0.4) is 0 Å². The van der Waals surface area contributed by atoms with Gasteiger partial charge in [0.05, 0.1) is 6.21 Å². The van der Waals surface area contributed by atoms with Gasteiger partial charge in [0.15, 0.2) is 5.83 Å². The van der Waals surface area contributed by atoms with E-state index in [1.807, 2.05) is 0 Å². The molecule has 1 unspecified atom stereocenters. The van der Waals surface area contributed by atoms with Gasteiger partial charge in [0, 0.05) is 23.1 Å². The van der Waals surface area contributed by atoms with E-state index in [0.717, 1.165) is 11.3 Å². The summed E-state index contributed by atoms with van der Waals surface area (Å²) in [5.41, 5.74) is 1.66. The minimum Gasteiger partial charge on any atom is -0.396 e. The average Bonchev–Trinajstić information content (AvgIpc) is 2.82. The van der Waals surface area contributed by atoms with Crippen LogP contribution in [0.15, 0.2) is 33.2 Å². The number of thiol groups is 1. The molecule has 0 aliphatic carbocycles. The molecule has 0 saturated heterocycles. The van der Waals surface area contributed by atoms with Gasteiger partial charge in [-0.1, -0.05) is 19.0 Å². The van der Waals surface area contributed by atoms with Gasteiger partial charge in [0.25, 0.3) is 0 Å². The van der Waals surface area contributed by atoms with Gasteiger partial charge in [-0.2, -0.15) is 19.7 Å². The van der Waals surface area contributed by atoms with E-state index in [2.05, 4.69) is 24.0 Å². The third-order valence-corrected chi connectivity index (χ3v) is 4.58. The van der Waals surface area contributed by atoms with Crippen LogP contribution in [0.4, 0.5) is 13.2 Å². The highest BCUT2D eigenvalue weighted by Crippen LogP contribution is 2.37. The highest BCUT2D eigenvalue weighted by Gasteiger charge is 2.13. The number of halogens is 3. The summed E-state index contributed by atoms with van der Waals surface area (Å²) in [7, 11) is -0.867. The Morgan fingerprint density at radius 3 is 2.85 bits per heavy atom. The van der Waals surface area contributed by atoms with Crippen LogP contribution in [-0.2, 0) is 4.84 Å². The Labute approximate surface area is 119 Å². The number of nitrogens with zero attached hydrogens (tertiary/aromatic N) is 2. The first-order valence-electron chi connectivity index (χ1n) is 6.35. The zero-order valence-electron chi connectivity index (χ0n) is 11.5. The molecule has 1 aliphatic rings. The zero-order chi connectivity index (χ0) is 15.0. The summed E-state index contributed by atoms with van der Waals surface area (Å²) in [5, 5.41) is 3.83. The van der Waals surface area contributed by atoms with E-state index < -0.39 is 22.8 Å². The maximum atomic E-state index is 12.8. The number of aliphatic imine (C=N–C) groups is 1. The lowest BCUT2D eigenvalue weighted by Crippen LogP contribution is -1.97. The molecule has 0 saturated carbocycles. The lowest BCUT2D eigenvalue weighted by atomic mass is 10.1. The van der Waals surface area contributed by atoms with Crippen molar-refractivity contribution >= 4 is 22.7 Å². The minimum atomic E-state index is -2.24. The molecule has 0 N–H and O–H groups in total. The Morgan fingerprint density at radius 2 is 2.20 bits per heavy atom. The standard InChI is InChI=1S/C13H19F3N2OS/c1-10(2)3-5-19-18-8-11-7-17-9-20(11)6-4-12(14)13(15)16/h7-10,20H,3-6H2,1-2H3/b18-8+. The number of oxime groups is 1. The molecule has 0 fully saturated rings. The summed E-state index contributed by atoms with van der Waals surface area (Å²) in [4.78, 5) is 9.87. The van der Waals surface area contributed by atoms with Crippen LogP contribution in [-0.4, -0.2) is 24.1 Å². The summed E-state index contributed by atoms with van der Waals surface area (Å²) in [6.07, 6.45) is 1.53. The molecule has 1 rings (SSSR count). The molecule has 7 heteroatoms. The summed E-state index contributed by atoms with van der Waals surface area (Å²) < 4.78 is 36.7. The van der Waals surface area contributed by atoms with Crippen molar-refractivity contribution in [1.82, 2.24) is 0 Å². The van der Waals surface area contributed by atoms with Gasteiger partial charge in [-0.15, -0.1) is 0 Å². The molecule has 0 aromatic heterocycles. The molecule has 1 aliphatic heterocycles. The van der Waals surface area contributed by atoms with Crippen molar-refractivity contribution in [2.45, 2.75) is 26.7 Å². The molecule has 1 heterocycles. The van der Waals surface area contributed by atoms with Crippen LogP contribution in [0.1, 0.15) is 26.7 Å². The normalized spacial score (nSPS) is 19.7. The summed E-state index contributed by atoms with van der Waals surface area (Å²) >= 11 is 0. The number of rotatable bonds is 8. The molecular weight excluding hydrogens is 289 g/mol. The van der Waals surface area contributed by atoms with Gasteiger partial charge in [-0.25, -0.2) is 4.39 Å². The molecule has 1 atom stereocenters. The first kappa shape index (κ1) is 16.8. The van der Waals surface area contributed by atoms with E-state index in [1.54, 1.807) is 11.7 Å². The molecule has 0 radical (unpaired) electrons. The van der Waals surface area contributed by atoms with E-state index >= 15 is 0 Å². The second-order valence-corrected chi connectivity index (χ2v) is 6.81. The highest BCUT2D eigenvalue weighted by atomic mass is 32.2. The van der Waals surface area contributed by atoms with E-state index in [-0.39, 0.29) is 6.42 Å². The van der Waals surface area contributed by atoms with E-state index in [9.17, 15) is 13.2 Å². The quantitative estimate of drug-likeness (QED) is 0.307. The molecule has 0 amide bonds. The third kappa shape index (κ3) is 6.27. The lowest BCUT2D eigenvalue weighted by molar-refractivity contribution is 0.134. The van der Waals surface area contributed by atoms with Crippen LogP contribution in [0.5, 0.6) is 0 Å². The lowest BCUT2D eigenvalue weighted by Gasteiger charge is -2.12. The maximum Gasteiger partial charge on any atom is 0.301 e. The summed E-state index contributed by atoms with van der Waals surface area (Å²) in [6.45, 7) is 4.71. The molecule has 0 spiro atoms. The average molecular weight is 308 g/mol. The monoisotopic (exact) mass is 308 g/mol. The second kappa shape index (κ2) is 8.84. The van der Waals surface area contributed by atoms with Crippen molar-refractivity contribution < 1.29 is 18.0 Å². The molecule has 0 bridgehead atoms. The van der Waals surface area contributed by atoms with E-state index in [1.165, 1.54) is 6.21 Å². The van der Waals surface area contributed by atoms with Gasteiger partial charge < -0.3 is 4.84 Å². The van der Waals surface area contributed by atoms with Crippen LogP contribution in [0.25, 0.3) is 0 Å². The van der Waals surface area contributed by atoms with Crippen LogP contribution in [0.2, 0.25) is 0 Å². The fourth-order valence-corrected chi connectivity index (χ4v) is 2.95. The predicted molar refractivity (Wildman–Crippen MR) is 79.3 cm³/mol. The SMILES string of the molecule is CC(C)CCO/N=C/C1=CN=C[SH]1CCC(F)=C(F)F. The van der Waals surface area contributed by atoms with Crippen molar-refractivity contribution in [2.75, 3.05) is 12.4 Å². The molecule has 0 aromatic rings. The Kier molecular flexibility index (Phi) is 7.43. The predicted octanol–water partition coefficient (Wildman–Crippen LogP) is 4.39. The number of hydrogen-bond donors (Lipinski definition) is 1. The fraction of sp³-hybridized carbons (Fsp3) is 0.538. The highest BCUT2D eigenvalue weighted by molar-refractivity contribution is 8.32. The first-order chi connectivity index (χ1) is 9.50. The van der Waals surface area contributed by atoms with E-state index in [0.29, 0.717) is 18.3 Å². The zero-order valence-corrected chi connectivity index (χ0v) is 12.4. The topological polar surface area (TPSA) is 34.0 Å². The van der Waals surface area contributed by atoms with Crippen molar-refractivity contribution in [3.8, 4) is 0 Å². The first-order valence-corrected chi connectivity index (χ1v) is 7.95. The molecule has 114 valence electrons. The van der Waals surface area contributed by atoms with Crippen LogP contribution < -0.4 is 0 Å². The fourth-order valence-electron chi connectivity index (χ4n) is 1.37. The van der Waals surface area contributed by atoms with Crippen LogP contribution >= 0.6 is 10.9 Å². The van der Waals surface area contributed by atoms with Crippen molar-refractivity contribution in [3.05, 3.63) is 23.0 Å². The molecule has 3 nitrogen and oxygen atoms in total. The van der Waals surface area contributed by atoms with Crippen molar-refractivity contribution in [3.63, 3.8) is 0 Å². The Balaban J connectivity index is 2.35. The van der Waals surface area contributed by atoms with E-state index in [4.69, 9.17) is 4.84 Å². The Morgan fingerprint density at radius 1 is 1.45 bits per heavy atom. The Hall–Kier alpha value is -1.24. The third-order valence-electron chi connectivity index (χ3n) is 2.57. The Bertz CT molecular complexity index is 429. The molecule has 20 heavy (non-hydrogen) atoms. The van der Waals surface area contributed by atoms with Gasteiger partial charge in [-0.3, -0.25) is 4.99 Å². The smallest absolute Gasteiger partial charge is 0.301 e. The van der Waals surface area contributed by atoms with Gasteiger partial charge in [0.1, 0.15) is 6.61 Å². The summed E-state index contributed by atoms with van der Waals surface area (Å²) in [5.74, 6) is -0.509. The van der Waals surface area contributed by atoms with Gasteiger partial charge >= 0.3 is 6.08 Å².